The molecule has 2 amide bonds. The summed E-state index contributed by atoms with van der Waals surface area (Å²) in [5.74, 6) is -0.280. The molecule has 30 heavy (non-hydrogen) atoms. The lowest BCUT2D eigenvalue weighted by atomic mass is 9.87. The van der Waals surface area contributed by atoms with E-state index in [0.29, 0.717) is 23.4 Å². The Bertz CT molecular complexity index is 849. The van der Waals surface area contributed by atoms with Gasteiger partial charge in [-0.25, -0.2) is 0 Å². The molecule has 2 aromatic rings. The number of morpholine rings is 1. The Morgan fingerprint density at radius 2 is 1.47 bits per heavy atom. The molecule has 2 N–H and O–H groups in total. The van der Waals surface area contributed by atoms with Crippen LogP contribution in [0.1, 0.15) is 47.1 Å². The zero-order valence-corrected chi connectivity index (χ0v) is 18.0. The van der Waals surface area contributed by atoms with Gasteiger partial charge in [0, 0.05) is 43.0 Å². The van der Waals surface area contributed by atoms with Crippen LogP contribution in [0.5, 0.6) is 0 Å². The molecule has 3 rings (SSSR count). The van der Waals surface area contributed by atoms with Crippen LogP contribution in [0.3, 0.4) is 0 Å². The minimum Gasteiger partial charge on any atom is -0.379 e. The molecule has 0 spiro atoms. The zero-order chi connectivity index (χ0) is 21.6. The number of ether oxygens (including phenoxy) is 1. The van der Waals surface area contributed by atoms with Crippen molar-refractivity contribution < 1.29 is 14.3 Å². The normalized spacial score (nSPS) is 14.9. The van der Waals surface area contributed by atoms with Gasteiger partial charge >= 0.3 is 0 Å². The summed E-state index contributed by atoms with van der Waals surface area (Å²) in [5, 5.41) is 5.82. The fraction of sp³-hybridized carbons (Fsp3) is 0.417. The first-order chi connectivity index (χ1) is 14.3. The molecule has 1 saturated heterocycles. The van der Waals surface area contributed by atoms with Gasteiger partial charge in [-0.3, -0.25) is 14.5 Å². The lowest BCUT2D eigenvalue weighted by Crippen LogP contribution is -2.41. The first kappa shape index (κ1) is 22.0. The predicted octanol–water partition coefficient (Wildman–Crippen LogP) is 3.30. The van der Waals surface area contributed by atoms with Gasteiger partial charge in [-0.15, -0.1) is 0 Å². The smallest absolute Gasteiger partial charge is 0.255 e. The third-order valence-electron chi connectivity index (χ3n) is 5.24. The number of benzene rings is 2. The summed E-state index contributed by atoms with van der Waals surface area (Å²) in [6, 6.07) is 14.6. The van der Waals surface area contributed by atoms with Crippen LogP contribution in [0.25, 0.3) is 0 Å². The van der Waals surface area contributed by atoms with Crippen LogP contribution < -0.4 is 10.6 Å². The van der Waals surface area contributed by atoms with Crippen LogP contribution in [0, 0.1) is 0 Å². The number of hydrogen-bond donors (Lipinski definition) is 2. The largest absolute Gasteiger partial charge is 0.379 e. The lowest BCUT2D eigenvalue weighted by molar-refractivity contribution is 0.0383. The van der Waals surface area contributed by atoms with Crippen molar-refractivity contribution in [3.05, 3.63) is 65.2 Å². The molecular formula is C24H31N3O3. The van der Waals surface area contributed by atoms with Gasteiger partial charge in [0.05, 0.1) is 13.2 Å². The van der Waals surface area contributed by atoms with Crippen molar-refractivity contribution in [1.82, 2.24) is 10.2 Å². The minimum atomic E-state index is -0.168. The summed E-state index contributed by atoms with van der Waals surface area (Å²) < 4.78 is 5.32. The van der Waals surface area contributed by atoms with E-state index in [1.165, 1.54) is 5.56 Å². The molecule has 0 aromatic heterocycles. The van der Waals surface area contributed by atoms with Crippen molar-refractivity contribution in [2.75, 3.05) is 44.7 Å². The summed E-state index contributed by atoms with van der Waals surface area (Å²) in [7, 11) is 0. The molecular weight excluding hydrogens is 378 g/mol. The summed E-state index contributed by atoms with van der Waals surface area (Å²) >= 11 is 0. The van der Waals surface area contributed by atoms with Gasteiger partial charge in [-0.1, -0.05) is 32.9 Å². The molecule has 0 atom stereocenters. The molecule has 1 aliphatic heterocycles. The van der Waals surface area contributed by atoms with Crippen molar-refractivity contribution in [2.24, 2.45) is 0 Å². The number of amides is 2. The molecule has 0 bridgehead atoms. The van der Waals surface area contributed by atoms with E-state index in [4.69, 9.17) is 4.74 Å². The Morgan fingerprint density at radius 1 is 0.900 bits per heavy atom. The van der Waals surface area contributed by atoms with Crippen molar-refractivity contribution in [3.8, 4) is 0 Å². The molecule has 0 radical (unpaired) electrons. The van der Waals surface area contributed by atoms with Gasteiger partial charge in [-0.05, 0) is 47.4 Å². The highest BCUT2D eigenvalue weighted by atomic mass is 16.5. The predicted molar refractivity (Wildman–Crippen MR) is 119 cm³/mol. The summed E-state index contributed by atoms with van der Waals surface area (Å²) in [6.45, 7) is 11.2. The molecule has 1 aliphatic rings. The van der Waals surface area contributed by atoms with E-state index in [1.807, 2.05) is 24.3 Å². The highest BCUT2D eigenvalue weighted by Gasteiger charge is 2.15. The van der Waals surface area contributed by atoms with Gasteiger partial charge in [-0.2, -0.15) is 0 Å². The Hall–Kier alpha value is -2.70. The van der Waals surface area contributed by atoms with Crippen LogP contribution in [0.4, 0.5) is 5.69 Å². The monoisotopic (exact) mass is 409 g/mol. The van der Waals surface area contributed by atoms with Gasteiger partial charge in [0.1, 0.15) is 0 Å². The standard InChI is InChI=1S/C24H31N3O3/c1-24(2,3)20-8-4-19(5-9-20)23(29)26-21-10-6-18(7-11-21)22(28)25-12-13-27-14-16-30-17-15-27/h4-11H,12-17H2,1-3H3,(H,25,28)(H,26,29). The van der Waals surface area contributed by atoms with E-state index < -0.39 is 0 Å². The van der Waals surface area contributed by atoms with E-state index in [9.17, 15) is 9.59 Å². The number of hydrogen-bond acceptors (Lipinski definition) is 4. The summed E-state index contributed by atoms with van der Waals surface area (Å²) in [6.07, 6.45) is 0. The minimum absolute atomic E-state index is 0.0492. The fourth-order valence-electron chi connectivity index (χ4n) is 3.28. The highest BCUT2D eigenvalue weighted by molar-refractivity contribution is 6.04. The van der Waals surface area contributed by atoms with E-state index in [2.05, 4.69) is 36.3 Å². The van der Waals surface area contributed by atoms with Crippen molar-refractivity contribution in [1.29, 1.82) is 0 Å². The Labute approximate surface area is 178 Å². The third kappa shape index (κ3) is 6.15. The maximum atomic E-state index is 12.5. The molecule has 2 aromatic carbocycles. The SMILES string of the molecule is CC(C)(C)c1ccc(C(=O)Nc2ccc(C(=O)NCCN3CCOCC3)cc2)cc1. The maximum absolute atomic E-state index is 12.5. The van der Waals surface area contributed by atoms with E-state index in [-0.39, 0.29) is 17.2 Å². The number of nitrogens with zero attached hydrogens (tertiary/aromatic N) is 1. The van der Waals surface area contributed by atoms with Crippen molar-refractivity contribution >= 4 is 17.5 Å². The number of carbonyl (C=O) groups is 2. The summed E-state index contributed by atoms with van der Waals surface area (Å²) in [5.41, 5.74) is 3.07. The van der Waals surface area contributed by atoms with Crippen LogP contribution in [0.2, 0.25) is 0 Å². The average molecular weight is 410 g/mol. The van der Waals surface area contributed by atoms with Crippen LogP contribution in [0.15, 0.2) is 48.5 Å². The molecule has 1 heterocycles. The van der Waals surface area contributed by atoms with Crippen molar-refractivity contribution in [2.45, 2.75) is 26.2 Å². The maximum Gasteiger partial charge on any atom is 0.255 e. The van der Waals surface area contributed by atoms with Gasteiger partial charge in [0.2, 0.25) is 0 Å². The topological polar surface area (TPSA) is 70.7 Å². The van der Waals surface area contributed by atoms with Crippen molar-refractivity contribution in [3.63, 3.8) is 0 Å². The van der Waals surface area contributed by atoms with Crippen LogP contribution in [-0.4, -0.2) is 56.1 Å². The number of anilines is 1. The average Bonchev–Trinajstić information content (AvgIpc) is 2.74. The van der Waals surface area contributed by atoms with E-state index in [1.54, 1.807) is 24.3 Å². The first-order valence-corrected chi connectivity index (χ1v) is 10.4. The quantitative estimate of drug-likeness (QED) is 0.768. The second kappa shape index (κ2) is 9.87. The van der Waals surface area contributed by atoms with Crippen LogP contribution in [-0.2, 0) is 10.2 Å². The lowest BCUT2D eigenvalue weighted by Gasteiger charge is -2.26. The first-order valence-electron chi connectivity index (χ1n) is 10.4. The van der Waals surface area contributed by atoms with Gasteiger partial charge < -0.3 is 15.4 Å². The van der Waals surface area contributed by atoms with E-state index >= 15 is 0 Å². The number of nitrogens with one attached hydrogen (secondary N) is 2. The fourth-order valence-corrected chi connectivity index (χ4v) is 3.28. The third-order valence-corrected chi connectivity index (χ3v) is 5.24. The molecule has 0 unspecified atom stereocenters. The van der Waals surface area contributed by atoms with Gasteiger partial charge in [0.15, 0.2) is 0 Å². The molecule has 160 valence electrons. The highest BCUT2D eigenvalue weighted by Crippen LogP contribution is 2.22. The molecule has 0 saturated carbocycles. The zero-order valence-electron chi connectivity index (χ0n) is 18.0. The molecule has 6 nitrogen and oxygen atoms in total. The molecule has 0 aliphatic carbocycles. The Kier molecular flexibility index (Phi) is 7.24. The molecule has 6 heteroatoms. The van der Waals surface area contributed by atoms with Crippen LogP contribution >= 0.6 is 0 Å². The number of rotatable bonds is 6. The second-order valence-corrected chi connectivity index (χ2v) is 8.57. The Balaban J connectivity index is 1.49. The molecule has 1 fully saturated rings. The Morgan fingerprint density at radius 3 is 2.07 bits per heavy atom. The van der Waals surface area contributed by atoms with Gasteiger partial charge in [0.25, 0.3) is 11.8 Å². The second-order valence-electron chi connectivity index (χ2n) is 8.57. The van der Waals surface area contributed by atoms with E-state index in [0.717, 1.165) is 32.8 Å². The summed E-state index contributed by atoms with van der Waals surface area (Å²) in [4.78, 5) is 27.1. The number of carbonyl (C=O) groups excluding carboxylic acids is 2.